The van der Waals surface area contributed by atoms with E-state index < -0.39 is 11.8 Å². The highest BCUT2D eigenvalue weighted by atomic mass is 79.9. The largest absolute Gasteiger partial charge is 0.493 e. The van der Waals surface area contributed by atoms with Gasteiger partial charge in [0.2, 0.25) is 0 Å². The molecule has 2 amide bonds. The molecule has 0 aliphatic carbocycles. The first-order chi connectivity index (χ1) is 13.4. The average Bonchev–Trinajstić information content (AvgIpc) is 2.64. The fraction of sp³-hybridized carbons (Fsp3) is 0.105. The van der Waals surface area contributed by atoms with E-state index in [0.29, 0.717) is 27.1 Å². The molecule has 1 heterocycles. The number of thiocarbonyl (C=S) groups is 1. The van der Waals surface area contributed by atoms with Crippen LogP contribution in [-0.2, 0) is 16.2 Å². The zero-order valence-corrected chi connectivity index (χ0v) is 16.9. The predicted octanol–water partition coefficient (Wildman–Crippen LogP) is 3.09. The van der Waals surface area contributed by atoms with Crippen LogP contribution in [0.2, 0.25) is 0 Å². The summed E-state index contributed by atoms with van der Waals surface area (Å²) in [4.78, 5) is 24.0. The van der Waals surface area contributed by atoms with Crippen LogP contribution >= 0.6 is 28.1 Å². The second kappa shape index (κ2) is 8.49. The fourth-order valence-electron chi connectivity index (χ4n) is 2.50. The first kappa shape index (κ1) is 20.0. The molecule has 0 bridgehead atoms. The van der Waals surface area contributed by atoms with Crippen LogP contribution < -0.4 is 20.1 Å². The molecule has 0 aromatic heterocycles. The number of ether oxygens (including phenoxy) is 2. The van der Waals surface area contributed by atoms with E-state index >= 15 is 0 Å². The van der Waals surface area contributed by atoms with E-state index in [4.69, 9.17) is 21.7 Å². The second-order valence-electron chi connectivity index (χ2n) is 5.71. The van der Waals surface area contributed by atoms with Crippen molar-refractivity contribution in [3.05, 3.63) is 63.4 Å². The minimum atomic E-state index is -0.594. The number of methoxy groups -OCH3 is 1. The van der Waals surface area contributed by atoms with Crippen molar-refractivity contribution in [2.45, 2.75) is 6.61 Å². The molecule has 3 rings (SSSR count). The smallest absolute Gasteiger partial charge is 0.263 e. The third-order valence-corrected chi connectivity index (χ3v) is 4.63. The first-order valence-electron chi connectivity index (χ1n) is 8.01. The first-order valence-corrected chi connectivity index (χ1v) is 9.21. The fourth-order valence-corrected chi connectivity index (χ4v) is 3.26. The molecule has 9 heteroatoms. The van der Waals surface area contributed by atoms with E-state index in [2.05, 4.69) is 26.6 Å². The van der Waals surface area contributed by atoms with E-state index in [1.54, 1.807) is 30.3 Å². The molecule has 1 fully saturated rings. The highest BCUT2D eigenvalue weighted by Crippen LogP contribution is 2.38. The van der Waals surface area contributed by atoms with Gasteiger partial charge in [-0.1, -0.05) is 18.2 Å². The van der Waals surface area contributed by atoms with Crippen molar-refractivity contribution >= 4 is 51.2 Å². The molecule has 2 N–H and O–H groups in total. The van der Waals surface area contributed by atoms with Crippen LogP contribution in [0.25, 0.3) is 6.08 Å². The summed E-state index contributed by atoms with van der Waals surface area (Å²) in [7, 11) is 1.45. The topological polar surface area (TPSA) is 76.7 Å². The van der Waals surface area contributed by atoms with Gasteiger partial charge in [-0.15, -0.1) is 0 Å². The molecule has 1 aliphatic rings. The highest BCUT2D eigenvalue weighted by molar-refractivity contribution is 9.10. The van der Waals surface area contributed by atoms with Gasteiger partial charge in [0, 0.05) is 5.56 Å². The minimum absolute atomic E-state index is 0.00429. The Hall–Kier alpha value is -2.78. The number of halogens is 2. The van der Waals surface area contributed by atoms with Crippen molar-refractivity contribution in [3.8, 4) is 11.5 Å². The Balaban J connectivity index is 1.88. The molecule has 1 saturated heterocycles. The van der Waals surface area contributed by atoms with Gasteiger partial charge in [-0.05, 0) is 58.0 Å². The van der Waals surface area contributed by atoms with E-state index in [9.17, 15) is 14.0 Å². The Bertz CT molecular complexity index is 987. The second-order valence-corrected chi connectivity index (χ2v) is 6.97. The quantitative estimate of drug-likeness (QED) is 0.403. The standard InChI is InChI=1S/C19H14BrFN2O4S/c1-26-15-8-10(6-12-17(24)22-19(28)23-18(12)25)7-13(20)16(15)27-9-11-4-2-3-5-14(11)21/h2-8H,9H2,1H3,(H2,22,23,24,25,28). The maximum atomic E-state index is 13.8. The van der Waals surface area contributed by atoms with Gasteiger partial charge in [0.05, 0.1) is 11.6 Å². The Morgan fingerprint density at radius 1 is 1.18 bits per heavy atom. The Kier molecular flexibility index (Phi) is 6.05. The zero-order chi connectivity index (χ0) is 20.3. The highest BCUT2D eigenvalue weighted by Gasteiger charge is 2.26. The molecule has 1 aliphatic heterocycles. The van der Waals surface area contributed by atoms with Gasteiger partial charge in [0.1, 0.15) is 18.0 Å². The van der Waals surface area contributed by atoms with E-state index in [-0.39, 0.29) is 23.1 Å². The summed E-state index contributed by atoms with van der Waals surface area (Å²) >= 11 is 8.16. The Morgan fingerprint density at radius 2 is 1.86 bits per heavy atom. The monoisotopic (exact) mass is 464 g/mol. The zero-order valence-electron chi connectivity index (χ0n) is 14.5. The third kappa shape index (κ3) is 4.37. The lowest BCUT2D eigenvalue weighted by Gasteiger charge is -2.17. The third-order valence-electron chi connectivity index (χ3n) is 3.84. The Labute approximate surface area is 173 Å². The molecule has 28 heavy (non-hydrogen) atoms. The molecule has 0 atom stereocenters. The van der Waals surface area contributed by atoms with E-state index in [0.717, 1.165) is 0 Å². The lowest BCUT2D eigenvalue weighted by molar-refractivity contribution is -0.123. The summed E-state index contributed by atoms with van der Waals surface area (Å²) < 4.78 is 25.4. The van der Waals surface area contributed by atoms with Crippen LogP contribution in [0.1, 0.15) is 11.1 Å². The Morgan fingerprint density at radius 3 is 2.50 bits per heavy atom. The molecule has 0 spiro atoms. The summed E-state index contributed by atoms with van der Waals surface area (Å²) in [5, 5.41) is 4.70. The van der Waals surface area contributed by atoms with Crippen molar-refractivity contribution in [1.29, 1.82) is 0 Å². The predicted molar refractivity (Wildman–Crippen MR) is 108 cm³/mol. The molecule has 0 saturated carbocycles. The SMILES string of the molecule is COc1cc(C=C2C(=O)NC(=S)NC2=O)cc(Br)c1OCc1ccccc1F. The van der Waals surface area contributed by atoms with Gasteiger partial charge in [-0.3, -0.25) is 20.2 Å². The van der Waals surface area contributed by atoms with Crippen molar-refractivity contribution in [2.24, 2.45) is 0 Å². The normalized spacial score (nSPS) is 13.7. The number of rotatable bonds is 5. The van der Waals surface area contributed by atoms with Crippen LogP contribution in [0.15, 0.2) is 46.4 Å². The van der Waals surface area contributed by atoms with Gasteiger partial charge in [0.25, 0.3) is 11.8 Å². The number of benzene rings is 2. The summed E-state index contributed by atoms with van der Waals surface area (Å²) in [6.07, 6.45) is 1.40. The van der Waals surface area contributed by atoms with Gasteiger partial charge in [-0.25, -0.2) is 4.39 Å². The molecule has 2 aromatic carbocycles. The van der Waals surface area contributed by atoms with Gasteiger partial charge in [0.15, 0.2) is 16.6 Å². The van der Waals surface area contributed by atoms with Crippen molar-refractivity contribution in [1.82, 2.24) is 10.6 Å². The number of hydrogen-bond donors (Lipinski definition) is 2. The molecule has 6 nitrogen and oxygen atoms in total. The lowest BCUT2D eigenvalue weighted by atomic mass is 10.1. The van der Waals surface area contributed by atoms with Crippen LogP contribution in [0.5, 0.6) is 11.5 Å². The van der Waals surface area contributed by atoms with Crippen LogP contribution in [0.3, 0.4) is 0 Å². The van der Waals surface area contributed by atoms with Gasteiger partial charge in [-0.2, -0.15) is 0 Å². The lowest BCUT2D eigenvalue weighted by Crippen LogP contribution is -2.51. The van der Waals surface area contributed by atoms with Gasteiger partial charge >= 0.3 is 0 Å². The van der Waals surface area contributed by atoms with E-state index in [1.807, 2.05) is 0 Å². The van der Waals surface area contributed by atoms with Crippen LogP contribution in [-0.4, -0.2) is 24.0 Å². The number of nitrogens with one attached hydrogen (secondary N) is 2. The summed E-state index contributed by atoms with van der Waals surface area (Å²) in [5.41, 5.74) is 0.826. The molecule has 0 radical (unpaired) electrons. The van der Waals surface area contributed by atoms with Crippen molar-refractivity contribution in [2.75, 3.05) is 7.11 Å². The summed E-state index contributed by atoms with van der Waals surface area (Å²) in [6, 6.07) is 9.55. The van der Waals surface area contributed by atoms with Gasteiger partial charge < -0.3 is 9.47 Å². The number of carbonyl (C=O) groups is 2. The van der Waals surface area contributed by atoms with Crippen molar-refractivity contribution in [3.63, 3.8) is 0 Å². The summed E-state index contributed by atoms with van der Waals surface area (Å²) in [5.74, 6) is -0.838. The molecular formula is C19H14BrFN2O4S. The van der Waals surface area contributed by atoms with Crippen LogP contribution in [0.4, 0.5) is 4.39 Å². The van der Waals surface area contributed by atoms with Crippen molar-refractivity contribution < 1.29 is 23.5 Å². The molecule has 144 valence electrons. The average molecular weight is 465 g/mol. The molecular weight excluding hydrogens is 451 g/mol. The van der Waals surface area contributed by atoms with Crippen LogP contribution in [0, 0.1) is 5.82 Å². The summed E-state index contributed by atoms with van der Waals surface area (Å²) in [6.45, 7) is 0.00429. The minimum Gasteiger partial charge on any atom is -0.493 e. The maximum absolute atomic E-state index is 13.8. The molecule has 2 aromatic rings. The molecule has 0 unspecified atom stereocenters. The number of carbonyl (C=O) groups excluding carboxylic acids is 2. The number of amides is 2. The maximum Gasteiger partial charge on any atom is 0.263 e. The van der Waals surface area contributed by atoms with E-state index in [1.165, 1.54) is 19.3 Å². The number of hydrogen-bond acceptors (Lipinski definition) is 5.